The van der Waals surface area contributed by atoms with Gasteiger partial charge in [-0.05, 0) is 19.3 Å². The van der Waals surface area contributed by atoms with E-state index in [1.54, 1.807) is 7.11 Å². The lowest BCUT2D eigenvalue weighted by Gasteiger charge is -2.32. The zero-order valence-corrected chi connectivity index (χ0v) is 9.22. The summed E-state index contributed by atoms with van der Waals surface area (Å²) < 4.78 is 30.2. The van der Waals surface area contributed by atoms with Gasteiger partial charge in [0.2, 0.25) is 10.0 Å². The summed E-state index contributed by atoms with van der Waals surface area (Å²) in [7, 11) is -1.56. The second kappa shape index (κ2) is 5.06. The molecule has 3 N–H and O–H groups in total. The highest BCUT2D eigenvalue weighted by Crippen LogP contribution is 2.18. The Labute approximate surface area is 85.1 Å². The summed E-state index contributed by atoms with van der Waals surface area (Å²) in [6.45, 7) is 0.477. The molecule has 0 spiro atoms. The lowest BCUT2D eigenvalue weighted by molar-refractivity contribution is 0.199. The van der Waals surface area contributed by atoms with Crippen molar-refractivity contribution in [2.45, 2.75) is 31.3 Å². The first-order chi connectivity index (χ1) is 6.53. The van der Waals surface area contributed by atoms with Crippen molar-refractivity contribution >= 4 is 10.0 Å². The number of rotatable bonds is 6. The predicted octanol–water partition coefficient (Wildman–Crippen LogP) is -0.568. The third-order valence-electron chi connectivity index (χ3n) is 2.28. The molecule has 0 heterocycles. The van der Waals surface area contributed by atoms with Gasteiger partial charge in [0, 0.05) is 25.8 Å². The zero-order valence-electron chi connectivity index (χ0n) is 8.40. The minimum Gasteiger partial charge on any atom is -0.385 e. The lowest BCUT2D eigenvalue weighted by Crippen LogP contribution is -2.50. The van der Waals surface area contributed by atoms with Crippen molar-refractivity contribution in [2.24, 2.45) is 5.73 Å². The van der Waals surface area contributed by atoms with Gasteiger partial charge in [0.1, 0.15) is 0 Å². The second-order valence-corrected chi connectivity index (χ2v) is 5.58. The van der Waals surface area contributed by atoms with E-state index >= 15 is 0 Å². The molecule has 0 aromatic carbocycles. The van der Waals surface area contributed by atoms with Gasteiger partial charge in [-0.25, -0.2) is 13.1 Å². The van der Waals surface area contributed by atoms with E-state index in [9.17, 15) is 8.42 Å². The zero-order chi connectivity index (χ0) is 10.6. The number of nitrogens with two attached hydrogens (primary N) is 1. The van der Waals surface area contributed by atoms with Crippen molar-refractivity contribution in [1.29, 1.82) is 0 Å². The highest BCUT2D eigenvalue weighted by molar-refractivity contribution is 7.89. The van der Waals surface area contributed by atoms with Gasteiger partial charge in [-0.1, -0.05) is 0 Å². The van der Waals surface area contributed by atoms with Gasteiger partial charge in [0.05, 0.1) is 5.75 Å². The molecule has 1 aliphatic rings. The smallest absolute Gasteiger partial charge is 0.211 e. The summed E-state index contributed by atoms with van der Waals surface area (Å²) in [5.41, 5.74) is 5.55. The molecule has 0 aromatic rings. The van der Waals surface area contributed by atoms with Crippen LogP contribution in [0.1, 0.15) is 19.3 Å². The van der Waals surface area contributed by atoms with Crippen molar-refractivity contribution in [2.75, 3.05) is 19.5 Å². The average Bonchev–Trinajstić information content (AvgIpc) is 2.01. The first-order valence-corrected chi connectivity index (χ1v) is 6.43. The SMILES string of the molecule is COCCCS(=O)(=O)NC1CC(N)C1. The van der Waals surface area contributed by atoms with E-state index in [4.69, 9.17) is 10.5 Å². The fourth-order valence-electron chi connectivity index (χ4n) is 1.46. The first kappa shape index (κ1) is 11.9. The van der Waals surface area contributed by atoms with Crippen LogP contribution < -0.4 is 10.5 Å². The molecule has 0 saturated heterocycles. The normalized spacial score (nSPS) is 27.3. The maximum absolute atomic E-state index is 11.4. The minimum absolute atomic E-state index is 0.0533. The summed E-state index contributed by atoms with van der Waals surface area (Å²) in [4.78, 5) is 0. The number of hydrogen-bond acceptors (Lipinski definition) is 4. The molecule has 0 radical (unpaired) electrons. The molecule has 0 atom stereocenters. The van der Waals surface area contributed by atoms with E-state index in [0.29, 0.717) is 13.0 Å². The Morgan fingerprint density at radius 2 is 2.14 bits per heavy atom. The Bertz CT molecular complexity index is 260. The van der Waals surface area contributed by atoms with Gasteiger partial charge in [-0.2, -0.15) is 0 Å². The Morgan fingerprint density at radius 1 is 1.50 bits per heavy atom. The van der Waals surface area contributed by atoms with E-state index in [1.165, 1.54) is 0 Å². The monoisotopic (exact) mass is 222 g/mol. The van der Waals surface area contributed by atoms with Crippen LogP contribution in [-0.2, 0) is 14.8 Å². The molecular formula is C8H18N2O3S. The van der Waals surface area contributed by atoms with Gasteiger partial charge in [-0.15, -0.1) is 0 Å². The van der Waals surface area contributed by atoms with Gasteiger partial charge in [0.25, 0.3) is 0 Å². The van der Waals surface area contributed by atoms with Crippen LogP contribution in [0.4, 0.5) is 0 Å². The molecule has 0 aromatic heterocycles. The Morgan fingerprint density at radius 3 is 2.64 bits per heavy atom. The van der Waals surface area contributed by atoms with Crippen LogP contribution in [0.3, 0.4) is 0 Å². The summed E-state index contributed by atoms with van der Waals surface area (Å²) in [5, 5.41) is 0. The molecule has 6 heteroatoms. The standard InChI is InChI=1S/C8H18N2O3S/c1-13-3-2-4-14(11,12)10-8-5-7(9)6-8/h7-8,10H,2-6,9H2,1H3. The van der Waals surface area contributed by atoms with E-state index in [2.05, 4.69) is 4.72 Å². The summed E-state index contributed by atoms with van der Waals surface area (Å²) in [5.74, 6) is 0.132. The number of methoxy groups -OCH3 is 1. The van der Waals surface area contributed by atoms with Crippen molar-refractivity contribution in [3.8, 4) is 0 Å². The second-order valence-electron chi connectivity index (χ2n) is 3.71. The molecule has 0 aliphatic heterocycles. The van der Waals surface area contributed by atoms with Crippen LogP contribution in [0.2, 0.25) is 0 Å². The highest BCUT2D eigenvalue weighted by Gasteiger charge is 2.29. The molecule has 0 bridgehead atoms. The Hall–Kier alpha value is -0.170. The van der Waals surface area contributed by atoms with Crippen LogP contribution in [0.15, 0.2) is 0 Å². The van der Waals surface area contributed by atoms with Gasteiger partial charge in [-0.3, -0.25) is 0 Å². The van der Waals surface area contributed by atoms with E-state index < -0.39 is 10.0 Å². The minimum atomic E-state index is -3.12. The summed E-state index contributed by atoms with van der Waals surface area (Å²) in [6, 6.07) is 0.222. The molecule has 5 nitrogen and oxygen atoms in total. The Balaban J connectivity index is 2.21. The topological polar surface area (TPSA) is 81.4 Å². The number of hydrogen-bond donors (Lipinski definition) is 2. The van der Waals surface area contributed by atoms with E-state index in [1.807, 2.05) is 0 Å². The molecule has 84 valence electrons. The van der Waals surface area contributed by atoms with Crippen LogP contribution >= 0.6 is 0 Å². The van der Waals surface area contributed by atoms with Crippen molar-refractivity contribution < 1.29 is 13.2 Å². The van der Waals surface area contributed by atoms with Gasteiger partial charge in [0.15, 0.2) is 0 Å². The number of nitrogens with one attached hydrogen (secondary N) is 1. The number of ether oxygens (including phenoxy) is 1. The maximum atomic E-state index is 11.4. The fraction of sp³-hybridized carbons (Fsp3) is 1.00. The molecule has 0 unspecified atom stereocenters. The van der Waals surface area contributed by atoms with Crippen molar-refractivity contribution in [1.82, 2.24) is 4.72 Å². The van der Waals surface area contributed by atoms with E-state index in [-0.39, 0.29) is 17.8 Å². The summed E-state index contributed by atoms with van der Waals surface area (Å²) in [6.07, 6.45) is 2.04. The highest BCUT2D eigenvalue weighted by atomic mass is 32.2. The molecule has 1 rings (SSSR count). The van der Waals surface area contributed by atoms with Gasteiger partial charge >= 0.3 is 0 Å². The van der Waals surface area contributed by atoms with Gasteiger partial charge < -0.3 is 10.5 Å². The molecule has 1 aliphatic carbocycles. The molecule has 1 saturated carbocycles. The lowest BCUT2D eigenvalue weighted by atomic mass is 9.89. The number of sulfonamides is 1. The van der Waals surface area contributed by atoms with Crippen LogP contribution in [0.25, 0.3) is 0 Å². The van der Waals surface area contributed by atoms with Crippen LogP contribution in [-0.4, -0.2) is 40.0 Å². The first-order valence-electron chi connectivity index (χ1n) is 4.78. The third kappa shape index (κ3) is 3.91. The van der Waals surface area contributed by atoms with Crippen molar-refractivity contribution in [3.63, 3.8) is 0 Å². The maximum Gasteiger partial charge on any atom is 0.211 e. The molecular weight excluding hydrogens is 204 g/mol. The molecule has 14 heavy (non-hydrogen) atoms. The van der Waals surface area contributed by atoms with Crippen LogP contribution in [0, 0.1) is 0 Å². The third-order valence-corrected chi connectivity index (χ3v) is 3.80. The Kier molecular flexibility index (Phi) is 4.31. The molecule has 0 amide bonds. The van der Waals surface area contributed by atoms with Crippen LogP contribution in [0.5, 0.6) is 0 Å². The largest absolute Gasteiger partial charge is 0.385 e. The predicted molar refractivity (Wildman–Crippen MR) is 54.4 cm³/mol. The van der Waals surface area contributed by atoms with Crippen molar-refractivity contribution in [3.05, 3.63) is 0 Å². The average molecular weight is 222 g/mol. The summed E-state index contributed by atoms with van der Waals surface area (Å²) >= 11 is 0. The fourth-order valence-corrected chi connectivity index (χ4v) is 2.78. The molecule has 1 fully saturated rings. The van der Waals surface area contributed by atoms with E-state index in [0.717, 1.165) is 12.8 Å². The quantitative estimate of drug-likeness (QED) is 0.590.